The van der Waals surface area contributed by atoms with Crippen molar-refractivity contribution < 1.29 is 4.42 Å². The van der Waals surface area contributed by atoms with Gasteiger partial charge in [0, 0.05) is 11.0 Å². The Hall–Kier alpha value is -1.73. The Morgan fingerprint density at radius 1 is 1.39 bits per heavy atom. The third-order valence-corrected chi connectivity index (χ3v) is 3.22. The number of anilines is 1. The van der Waals surface area contributed by atoms with Crippen molar-refractivity contribution in [2.75, 3.05) is 11.4 Å². The van der Waals surface area contributed by atoms with Crippen molar-refractivity contribution in [1.82, 2.24) is 0 Å². The molecule has 0 atom stereocenters. The number of hydrogen-bond donors (Lipinski definition) is 0. The molecule has 0 spiro atoms. The van der Waals surface area contributed by atoms with Gasteiger partial charge < -0.3 is 9.32 Å². The molecule has 2 rings (SSSR count). The lowest BCUT2D eigenvalue weighted by Crippen LogP contribution is -2.22. The molecule has 0 aliphatic rings. The van der Waals surface area contributed by atoms with Gasteiger partial charge in [0.1, 0.15) is 11.8 Å². The van der Waals surface area contributed by atoms with E-state index in [0.717, 1.165) is 22.5 Å². The van der Waals surface area contributed by atoms with Crippen LogP contribution in [0.3, 0.4) is 0 Å². The van der Waals surface area contributed by atoms with Gasteiger partial charge in [0.15, 0.2) is 0 Å². The number of benzene rings is 1. The van der Waals surface area contributed by atoms with E-state index in [2.05, 4.69) is 33.8 Å². The summed E-state index contributed by atoms with van der Waals surface area (Å²) < 4.78 is 6.26. The molecular weight excluding hydrogens is 292 g/mol. The van der Waals surface area contributed by atoms with E-state index in [1.807, 2.05) is 30.3 Å². The second-order valence-electron chi connectivity index (χ2n) is 3.87. The highest BCUT2D eigenvalue weighted by molar-refractivity contribution is 9.10. The maximum Gasteiger partial charge on any atom is 0.123 e. The van der Waals surface area contributed by atoms with Crippen LogP contribution in [0.5, 0.6) is 0 Å². The zero-order valence-electron chi connectivity index (χ0n) is 10.1. The van der Waals surface area contributed by atoms with Crippen molar-refractivity contribution in [3.05, 3.63) is 52.4 Å². The maximum atomic E-state index is 9.19. The molecular formula is C14H13BrN2O. The molecule has 0 bridgehead atoms. The van der Waals surface area contributed by atoms with Gasteiger partial charge in [-0.25, -0.2) is 0 Å². The van der Waals surface area contributed by atoms with Crippen LogP contribution in [0, 0.1) is 11.3 Å². The smallest absolute Gasteiger partial charge is 0.123 e. The molecule has 0 aliphatic heterocycles. The molecule has 3 nitrogen and oxygen atoms in total. The lowest BCUT2D eigenvalue weighted by Gasteiger charge is -2.23. The highest BCUT2D eigenvalue weighted by Crippen LogP contribution is 2.25. The fourth-order valence-electron chi connectivity index (χ4n) is 1.83. The van der Waals surface area contributed by atoms with E-state index in [-0.39, 0.29) is 0 Å². The molecule has 0 radical (unpaired) electrons. The molecule has 0 unspecified atom stereocenters. The minimum absolute atomic E-state index is 0.665. The summed E-state index contributed by atoms with van der Waals surface area (Å²) in [5, 5.41) is 9.19. The van der Waals surface area contributed by atoms with Crippen LogP contribution in [-0.2, 0) is 6.54 Å². The average molecular weight is 305 g/mol. The Morgan fingerprint density at radius 3 is 2.83 bits per heavy atom. The molecule has 4 heteroatoms. The predicted molar refractivity (Wildman–Crippen MR) is 74.3 cm³/mol. The SMILES string of the molecule is CCN(Cc1ccco1)c1ccc(Br)cc1C#N. The predicted octanol–water partition coefficient (Wildman–Crippen LogP) is 3.94. The lowest BCUT2D eigenvalue weighted by molar-refractivity contribution is 0.503. The third kappa shape index (κ3) is 2.74. The first-order valence-electron chi connectivity index (χ1n) is 5.71. The molecule has 0 fully saturated rings. The van der Waals surface area contributed by atoms with Crippen LogP contribution in [-0.4, -0.2) is 6.54 Å². The largest absolute Gasteiger partial charge is 0.467 e. The first-order chi connectivity index (χ1) is 8.74. The van der Waals surface area contributed by atoms with Crippen LogP contribution in [0.4, 0.5) is 5.69 Å². The van der Waals surface area contributed by atoms with Gasteiger partial charge in [0.05, 0.1) is 24.1 Å². The van der Waals surface area contributed by atoms with Gasteiger partial charge in [0.2, 0.25) is 0 Å². The minimum Gasteiger partial charge on any atom is -0.467 e. The van der Waals surface area contributed by atoms with E-state index < -0.39 is 0 Å². The zero-order chi connectivity index (χ0) is 13.0. The average Bonchev–Trinajstić information content (AvgIpc) is 2.89. The van der Waals surface area contributed by atoms with E-state index in [4.69, 9.17) is 4.42 Å². The second kappa shape index (κ2) is 5.74. The molecule has 0 saturated carbocycles. The van der Waals surface area contributed by atoms with Crippen LogP contribution in [0.2, 0.25) is 0 Å². The number of nitriles is 1. The standard InChI is InChI=1S/C14H13BrN2O/c1-2-17(10-13-4-3-7-18-13)14-6-5-12(15)8-11(14)9-16/h3-8H,2,10H2,1H3. The number of rotatable bonds is 4. The van der Waals surface area contributed by atoms with Crippen LogP contribution in [0.15, 0.2) is 45.5 Å². The Morgan fingerprint density at radius 2 is 2.22 bits per heavy atom. The van der Waals surface area contributed by atoms with Crippen molar-refractivity contribution in [2.24, 2.45) is 0 Å². The van der Waals surface area contributed by atoms with E-state index in [9.17, 15) is 5.26 Å². The van der Waals surface area contributed by atoms with Gasteiger partial charge >= 0.3 is 0 Å². The number of hydrogen-bond acceptors (Lipinski definition) is 3. The molecule has 18 heavy (non-hydrogen) atoms. The summed E-state index contributed by atoms with van der Waals surface area (Å²) in [4.78, 5) is 2.11. The Labute approximate surface area is 115 Å². The molecule has 2 aromatic rings. The topological polar surface area (TPSA) is 40.2 Å². The van der Waals surface area contributed by atoms with Crippen molar-refractivity contribution in [1.29, 1.82) is 5.26 Å². The Kier molecular flexibility index (Phi) is 4.06. The summed E-state index contributed by atoms with van der Waals surface area (Å²) in [6.45, 7) is 3.54. The van der Waals surface area contributed by atoms with Gasteiger partial charge in [0.25, 0.3) is 0 Å². The van der Waals surface area contributed by atoms with Gasteiger partial charge in [-0.2, -0.15) is 5.26 Å². The molecule has 0 amide bonds. The van der Waals surface area contributed by atoms with Crippen molar-refractivity contribution in [3.8, 4) is 6.07 Å². The Balaban J connectivity index is 2.30. The monoisotopic (exact) mass is 304 g/mol. The maximum absolute atomic E-state index is 9.19. The lowest BCUT2D eigenvalue weighted by atomic mass is 10.1. The van der Waals surface area contributed by atoms with Crippen LogP contribution >= 0.6 is 15.9 Å². The van der Waals surface area contributed by atoms with E-state index in [1.165, 1.54) is 0 Å². The summed E-state index contributed by atoms with van der Waals surface area (Å²) >= 11 is 3.38. The molecule has 1 aromatic heterocycles. The van der Waals surface area contributed by atoms with Gasteiger partial charge in [-0.3, -0.25) is 0 Å². The van der Waals surface area contributed by atoms with Gasteiger partial charge in [-0.1, -0.05) is 15.9 Å². The highest BCUT2D eigenvalue weighted by Gasteiger charge is 2.11. The van der Waals surface area contributed by atoms with Crippen molar-refractivity contribution in [2.45, 2.75) is 13.5 Å². The summed E-state index contributed by atoms with van der Waals surface area (Å²) in [7, 11) is 0. The zero-order valence-corrected chi connectivity index (χ0v) is 11.6. The minimum atomic E-state index is 0.665. The summed E-state index contributed by atoms with van der Waals surface area (Å²) in [5.74, 6) is 0.892. The van der Waals surface area contributed by atoms with Crippen molar-refractivity contribution >= 4 is 21.6 Å². The van der Waals surface area contributed by atoms with Crippen LogP contribution in [0.1, 0.15) is 18.2 Å². The fraction of sp³-hybridized carbons (Fsp3) is 0.214. The summed E-state index contributed by atoms with van der Waals surface area (Å²) in [6, 6.07) is 11.8. The molecule has 1 aromatic carbocycles. The molecule has 0 N–H and O–H groups in total. The third-order valence-electron chi connectivity index (χ3n) is 2.73. The number of nitrogens with zero attached hydrogens (tertiary/aromatic N) is 2. The highest BCUT2D eigenvalue weighted by atomic mass is 79.9. The van der Waals surface area contributed by atoms with Gasteiger partial charge in [-0.15, -0.1) is 0 Å². The molecule has 0 aliphatic carbocycles. The van der Waals surface area contributed by atoms with Crippen molar-refractivity contribution in [3.63, 3.8) is 0 Å². The first kappa shape index (κ1) is 12.7. The molecule has 0 saturated heterocycles. The van der Waals surface area contributed by atoms with E-state index >= 15 is 0 Å². The van der Waals surface area contributed by atoms with Gasteiger partial charge in [-0.05, 0) is 37.3 Å². The normalized spacial score (nSPS) is 10.1. The quantitative estimate of drug-likeness (QED) is 0.859. The van der Waals surface area contributed by atoms with E-state index in [1.54, 1.807) is 6.26 Å². The fourth-order valence-corrected chi connectivity index (χ4v) is 2.19. The van der Waals surface area contributed by atoms with Crippen LogP contribution < -0.4 is 4.90 Å². The second-order valence-corrected chi connectivity index (χ2v) is 4.78. The number of halogens is 1. The summed E-state index contributed by atoms with van der Waals surface area (Å²) in [5.41, 5.74) is 1.59. The molecule has 92 valence electrons. The first-order valence-corrected chi connectivity index (χ1v) is 6.51. The van der Waals surface area contributed by atoms with Crippen LogP contribution in [0.25, 0.3) is 0 Å². The van der Waals surface area contributed by atoms with E-state index in [0.29, 0.717) is 12.1 Å². The Bertz CT molecular complexity index is 558. The molecule has 1 heterocycles. The number of furan rings is 1. The summed E-state index contributed by atoms with van der Waals surface area (Å²) in [6.07, 6.45) is 1.66.